The van der Waals surface area contributed by atoms with E-state index in [0.29, 0.717) is 16.6 Å². The van der Waals surface area contributed by atoms with Crippen LogP contribution in [0.1, 0.15) is 0 Å². The van der Waals surface area contributed by atoms with E-state index in [-0.39, 0.29) is 5.91 Å². The number of fused-ring (bicyclic) bond motifs is 1. The fourth-order valence-corrected chi connectivity index (χ4v) is 4.40. The molecule has 0 atom stereocenters. The molecule has 9 heteroatoms. The zero-order valence-corrected chi connectivity index (χ0v) is 17.6. The maximum absolute atomic E-state index is 12.8. The Balaban J connectivity index is 1.22. The van der Waals surface area contributed by atoms with Crippen LogP contribution in [0.25, 0.3) is 16.9 Å². The van der Waals surface area contributed by atoms with Crippen molar-refractivity contribution in [2.75, 3.05) is 36.8 Å². The molecule has 0 bridgehead atoms. The number of hydrogen-bond donors (Lipinski definition) is 0. The Kier molecular flexibility index (Phi) is 5.49. The van der Waals surface area contributed by atoms with Gasteiger partial charge in [0.1, 0.15) is 0 Å². The summed E-state index contributed by atoms with van der Waals surface area (Å²) in [4.78, 5) is 21.0. The summed E-state index contributed by atoms with van der Waals surface area (Å²) in [5, 5.41) is 13.7. The molecule has 4 heterocycles. The molecular formula is C22H21N7OS. The largest absolute Gasteiger partial charge is 0.368 e. The van der Waals surface area contributed by atoms with Crippen LogP contribution in [0.2, 0.25) is 0 Å². The SMILES string of the molecule is O=C(CSc1nnc2ccc(-c3ccncc3)nn12)N1CCN(c2ccccc2)CC1. The van der Waals surface area contributed by atoms with E-state index < -0.39 is 0 Å². The monoisotopic (exact) mass is 431 g/mol. The standard InChI is InChI=1S/C22H21N7OS/c30-21(28-14-12-27(13-15-28)18-4-2-1-3-5-18)16-31-22-25-24-20-7-6-19(26-29(20)22)17-8-10-23-11-9-17/h1-11H,12-16H2. The fourth-order valence-electron chi connectivity index (χ4n) is 3.61. The minimum Gasteiger partial charge on any atom is -0.368 e. The summed E-state index contributed by atoms with van der Waals surface area (Å²) in [5.74, 6) is 0.424. The quantitative estimate of drug-likeness (QED) is 0.450. The second-order valence-electron chi connectivity index (χ2n) is 7.20. The summed E-state index contributed by atoms with van der Waals surface area (Å²) in [6.07, 6.45) is 3.47. The topological polar surface area (TPSA) is 79.5 Å². The second kappa shape index (κ2) is 8.73. The number of hydrogen-bond acceptors (Lipinski definition) is 7. The predicted octanol–water partition coefficient (Wildman–Crippen LogP) is 2.63. The van der Waals surface area contributed by atoms with Crippen molar-refractivity contribution in [1.29, 1.82) is 0 Å². The first-order valence-corrected chi connectivity index (χ1v) is 11.1. The van der Waals surface area contributed by atoms with E-state index in [9.17, 15) is 4.79 Å². The molecule has 0 unspecified atom stereocenters. The van der Waals surface area contributed by atoms with Gasteiger partial charge in [0.15, 0.2) is 5.65 Å². The number of para-hydroxylation sites is 1. The molecule has 1 amide bonds. The number of piperazine rings is 1. The number of benzene rings is 1. The van der Waals surface area contributed by atoms with Crippen molar-refractivity contribution in [2.24, 2.45) is 0 Å². The van der Waals surface area contributed by atoms with Crippen molar-refractivity contribution < 1.29 is 4.79 Å². The Bertz CT molecular complexity index is 1170. The Hall–Kier alpha value is -3.46. The van der Waals surface area contributed by atoms with Gasteiger partial charge in [-0.15, -0.1) is 10.2 Å². The molecule has 4 aromatic rings. The van der Waals surface area contributed by atoms with Crippen molar-refractivity contribution in [3.8, 4) is 11.3 Å². The van der Waals surface area contributed by atoms with Gasteiger partial charge in [-0.05, 0) is 36.4 Å². The third-order valence-electron chi connectivity index (χ3n) is 5.29. The molecule has 0 saturated carbocycles. The van der Waals surface area contributed by atoms with E-state index in [0.717, 1.165) is 37.4 Å². The summed E-state index contributed by atoms with van der Waals surface area (Å²) in [5.41, 5.74) is 3.63. The number of pyridine rings is 1. The molecule has 0 spiro atoms. The Labute approximate surface area is 183 Å². The highest BCUT2D eigenvalue weighted by Gasteiger charge is 2.22. The van der Waals surface area contributed by atoms with Crippen molar-refractivity contribution in [1.82, 2.24) is 29.7 Å². The minimum absolute atomic E-state index is 0.111. The van der Waals surface area contributed by atoms with Crippen LogP contribution in [0.4, 0.5) is 5.69 Å². The van der Waals surface area contributed by atoms with Gasteiger partial charge in [0.2, 0.25) is 11.1 Å². The molecule has 1 aromatic carbocycles. The number of carbonyl (C=O) groups is 1. The third-order valence-corrected chi connectivity index (χ3v) is 6.19. The molecule has 0 aliphatic carbocycles. The molecule has 31 heavy (non-hydrogen) atoms. The zero-order chi connectivity index (χ0) is 21.0. The first-order chi connectivity index (χ1) is 15.3. The van der Waals surface area contributed by atoms with Crippen molar-refractivity contribution in [2.45, 2.75) is 5.16 Å². The van der Waals surface area contributed by atoms with E-state index in [4.69, 9.17) is 0 Å². The molecule has 1 saturated heterocycles. The number of aromatic nitrogens is 5. The van der Waals surface area contributed by atoms with Crippen LogP contribution in [-0.2, 0) is 4.79 Å². The number of thioether (sulfide) groups is 1. The summed E-state index contributed by atoms with van der Waals surface area (Å²) in [6.45, 7) is 3.12. The summed E-state index contributed by atoms with van der Waals surface area (Å²) < 4.78 is 1.70. The maximum Gasteiger partial charge on any atom is 0.233 e. The van der Waals surface area contributed by atoms with Gasteiger partial charge < -0.3 is 9.80 Å². The first kappa shape index (κ1) is 19.5. The smallest absolute Gasteiger partial charge is 0.233 e. The van der Waals surface area contributed by atoms with Gasteiger partial charge in [-0.1, -0.05) is 30.0 Å². The average molecular weight is 432 g/mol. The van der Waals surface area contributed by atoms with Crippen molar-refractivity contribution in [3.05, 3.63) is 67.0 Å². The molecule has 156 valence electrons. The summed E-state index contributed by atoms with van der Waals surface area (Å²) >= 11 is 1.37. The molecule has 0 radical (unpaired) electrons. The van der Waals surface area contributed by atoms with Gasteiger partial charge in [-0.3, -0.25) is 9.78 Å². The highest BCUT2D eigenvalue weighted by molar-refractivity contribution is 7.99. The van der Waals surface area contributed by atoms with Crippen LogP contribution < -0.4 is 4.90 Å². The maximum atomic E-state index is 12.8. The molecule has 1 fully saturated rings. The van der Waals surface area contributed by atoms with Gasteiger partial charge in [0.05, 0.1) is 11.4 Å². The van der Waals surface area contributed by atoms with Crippen LogP contribution in [0.15, 0.2) is 72.1 Å². The fraction of sp³-hybridized carbons (Fsp3) is 0.227. The van der Waals surface area contributed by atoms with Gasteiger partial charge in [-0.2, -0.15) is 9.61 Å². The molecule has 5 rings (SSSR count). The van der Waals surface area contributed by atoms with Gasteiger partial charge >= 0.3 is 0 Å². The van der Waals surface area contributed by atoms with Crippen molar-refractivity contribution in [3.63, 3.8) is 0 Å². The van der Waals surface area contributed by atoms with Gasteiger partial charge in [0, 0.05) is 49.8 Å². The van der Waals surface area contributed by atoms with Crippen LogP contribution in [0.3, 0.4) is 0 Å². The first-order valence-electron chi connectivity index (χ1n) is 10.1. The number of amides is 1. The normalized spacial score (nSPS) is 14.2. The lowest BCUT2D eigenvalue weighted by molar-refractivity contribution is -0.128. The van der Waals surface area contributed by atoms with Crippen LogP contribution >= 0.6 is 11.8 Å². The van der Waals surface area contributed by atoms with E-state index >= 15 is 0 Å². The zero-order valence-electron chi connectivity index (χ0n) is 16.8. The molecule has 1 aliphatic heterocycles. The Morgan fingerprint density at radius 3 is 2.45 bits per heavy atom. The van der Waals surface area contributed by atoms with E-state index in [1.165, 1.54) is 17.4 Å². The number of anilines is 1. The minimum atomic E-state index is 0.111. The molecular weight excluding hydrogens is 410 g/mol. The lowest BCUT2D eigenvalue weighted by atomic mass is 10.2. The molecule has 0 N–H and O–H groups in total. The van der Waals surface area contributed by atoms with Crippen LogP contribution in [-0.4, -0.2) is 67.5 Å². The number of carbonyl (C=O) groups excluding carboxylic acids is 1. The number of rotatable bonds is 5. The van der Waals surface area contributed by atoms with Crippen LogP contribution in [0, 0.1) is 0 Å². The van der Waals surface area contributed by atoms with E-state index in [1.54, 1.807) is 16.9 Å². The summed E-state index contributed by atoms with van der Waals surface area (Å²) in [6, 6.07) is 17.9. The highest BCUT2D eigenvalue weighted by atomic mass is 32.2. The predicted molar refractivity (Wildman–Crippen MR) is 120 cm³/mol. The van der Waals surface area contributed by atoms with Gasteiger partial charge in [0.25, 0.3) is 0 Å². The molecule has 1 aliphatic rings. The summed E-state index contributed by atoms with van der Waals surface area (Å²) in [7, 11) is 0. The van der Waals surface area contributed by atoms with Crippen molar-refractivity contribution >= 4 is 29.0 Å². The average Bonchev–Trinajstić information content (AvgIpc) is 3.26. The third kappa shape index (κ3) is 4.22. The molecule has 8 nitrogen and oxygen atoms in total. The Morgan fingerprint density at radius 2 is 1.68 bits per heavy atom. The van der Waals surface area contributed by atoms with E-state index in [2.05, 4.69) is 37.3 Å². The van der Waals surface area contributed by atoms with E-state index in [1.807, 2.05) is 47.4 Å². The van der Waals surface area contributed by atoms with Gasteiger partial charge in [-0.25, -0.2) is 0 Å². The Morgan fingerprint density at radius 1 is 0.903 bits per heavy atom. The lowest BCUT2D eigenvalue weighted by Gasteiger charge is -2.36. The second-order valence-corrected chi connectivity index (χ2v) is 8.14. The molecule has 3 aromatic heterocycles. The lowest BCUT2D eigenvalue weighted by Crippen LogP contribution is -2.49. The van der Waals surface area contributed by atoms with Crippen LogP contribution in [0.5, 0.6) is 0 Å². The highest BCUT2D eigenvalue weighted by Crippen LogP contribution is 2.21. The number of nitrogens with zero attached hydrogens (tertiary/aromatic N) is 7.